The molecule has 0 radical (unpaired) electrons. The molecule has 1 aromatic carbocycles. The number of benzene rings is 1. The molecule has 1 aliphatic rings. The van der Waals surface area contributed by atoms with E-state index in [1.54, 1.807) is 30.3 Å². The average Bonchev–Trinajstić information content (AvgIpc) is 3.22. The molecule has 1 N–H and O–H groups in total. The summed E-state index contributed by atoms with van der Waals surface area (Å²) in [5.41, 5.74) is 0.977. The molecular formula is C20H27N3O5S3. The number of aryl methyl sites for hydroxylation is 1. The molecule has 0 aliphatic carbocycles. The van der Waals surface area contributed by atoms with E-state index in [0.29, 0.717) is 24.3 Å². The van der Waals surface area contributed by atoms with E-state index in [1.165, 1.54) is 24.5 Å². The van der Waals surface area contributed by atoms with E-state index in [2.05, 4.69) is 5.32 Å². The van der Waals surface area contributed by atoms with Crippen molar-refractivity contribution < 1.29 is 21.6 Å². The smallest absolute Gasteiger partial charge is 0.252 e. The molecule has 1 fully saturated rings. The van der Waals surface area contributed by atoms with Gasteiger partial charge in [0.15, 0.2) is 0 Å². The van der Waals surface area contributed by atoms with Crippen LogP contribution in [0.3, 0.4) is 0 Å². The van der Waals surface area contributed by atoms with E-state index < -0.39 is 26.0 Å². The minimum absolute atomic E-state index is 0.132. The Morgan fingerprint density at radius 2 is 1.81 bits per heavy atom. The molecule has 11 heteroatoms. The summed E-state index contributed by atoms with van der Waals surface area (Å²) in [5.74, 6) is -0.673. The summed E-state index contributed by atoms with van der Waals surface area (Å²) >= 11 is 1.11. The summed E-state index contributed by atoms with van der Waals surface area (Å²) in [6.45, 7) is 2.61. The van der Waals surface area contributed by atoms with Crippen LogP contribution in [-0.4, -0.2) is 58.5 Å². The maximum Gasteiger partial charge on any atom is 0.252 e. The van der Waals surface area contributed by atoms with Crippen molar-refractivity contribution >= 4 is 37.3 Å². The molecule has 2 aromatic rings. The van der Waals surface area contributed by atoms with Crippen LogP contribution in [-0.2, 0) is 31.4 Å². The molecule has 1 amide bonds. The van der Waals surface area contributed by atoms with Crippen molar-refractivity contribution in [3.8, 4) is 0 Å². The van der Waals surface area contributed by atoms with Gasteiger partial charge in [-0.2, -0.15) is 4.31 Å². The molecule has 3 rings (SSSR count). The van der Waals surface area contributed by atoms with Gasteiger partial charge in [0.1, 0.15) is 4.21 Å². The second-order valence-electron chi connectivity index (χ2n) is 7.74. The number of nitrogens with zero attached hydrogens (tertiary/aromatic N) is 2. The largest absolute Gasteiger partial charge is 0.351 e. The number of carbonyl (C=O) groups excluding carboxylic acids is 1. The highest BCUT2D eigenvalue weighted by Crippen LogP contribution is 2.26. The Morgan fingerprint density at radius 1 is 1.13 bits per heavy atom. The zero-order valence-electron chi connectivity index (χ0n) is 17.7. The predicted octanol–water partition coefficient (Wildman–Crippen LogP) is 2.02. The molecular weight excluding hydrogens is 458 g/mol. The quantitative estimate of drug-likeness (QED) is 0.646. The highest BCUT2D eigenvalue weighted by atomic mass is 32.2. The molecule has 0 unspecified atom stereocenters. The summed E-state index contributed by atoms with van der Waals surface area (Å²) in [5, 5.41) is 2.82. The third-order valence-corrected chi connectivity index (χ3v) is 10.5. The normalized spacial score (nSPS) is 18.3. The van der Waals surface area contributed by atoms with Gasteiger partial charge in [0.05, 0.1) is 17.4 Å². The van der Waals surface area contributed by atoms with E-state index >= 15 is 0 Å². The van der Waals surface area contributed by atoms with Crippen molar-refractivity contribution in [2.75, 3.05) is 27.2 Å². The minimum atomic E-state index is -3.65. The van der Waals surface area contributed by atoms with E-state index in [4.69, 9.17) is 0 Å². The lowest BCUT2D eigenvalue weighted by atomic mass is 9.99. The molecule has 0 saturated carbocycles. The third-order valence-electron chi connectivity index (χ3n) is 5.22. The van der Waals surface area contributed by atoms with Crippen LogP contribution in [0.4, 0.5) is 0 Å². The number of amides is 1. The number of hydrogen-bond donors (Lipinski definition) is 1. The Labute approximate surface area is 188 Å². The SMILES string of the molecule is Cc1ccc(S(=O)(=O)N2CCC[C@@H](C(=O)NCc3ccc(S(=O)(=O)N(C)C)s3)C2)cc1. The average molecular weight is 486 g/mol. The van der Waals surface area contributed by atoms with Gasteiger partial charge in [0, 0.05) is 32.1 Å². The van der Waals surface area contributed by atoms with E-state index in [0.717, 1.165) is 21.2 Å². The Morgan fingerprint density at radius 3 is 2.45 bits per heavy atom. The van der Waals surface area contributed by atoms with Crippen molar-refractivity contribution in [2.24, 2.45) is 5.92 Å². The molecule has 31 heavy (non-hydrogen) atoms. The van der Waals surface area contributed by atoms with Gasteiger partial charge in [-0.15, -0.1) is 11.3 Å². The highest BCUT2D eigenvalue weighted by Gasteiger charge is 2.33. The Hall–Kier alpha value is -1.79. The zero-order valence-corrected chi connectivity index (χ0v) is 20.2. The fraction of sp³-hybridized carbons (Fsp3) is 0.450. The number of carbonyl (C=O) groups is 1. The number of piperidine rings is 1. The molecule has 8 nitrogen and oxygen atoms in total. The highest BCUT2D eigenvalue weighted by molar-refractivity contribution is 7.91. The molecule has 2 heterocycles. The second kappa shape index (κ2) is 9.37. The molecule has 0 bridgehead atoms. The van der Waals surface area contributed by atoms with Crippen LogP contribution in [0.5, 0.6) is 0 Å². The molecule has 1 atom stereocenters. The van der Waals surface area contributed by atoms with Gasteiger partial charge in [-0.1, -0.05) is 17.7 Å². The van der Waals surface area contributed by atoms with E-state index in [9.17, 15) is 21.6 Å². The number of nitrogens with one attached hydrogen (secondary N) is 1. The van der Waals surface area contributed by atoms with Crippen molar-refractivity contribution in [1.29, 1.82) is 0 Å². The first-order chi connectivity index (χ1) is 14.5. The van der Waals surface area contributed by atoms with Gasteiger partial charge in [-0.05, 0) is 44.0 Å². The lowest BCUT2D eigenvalue weighted by Crippen LogP contribution is -2.45. The summed E-state index contributed by atoms with van der Waals surface area (Å²) < 4.78 is 53.0. The van der Waals surface area contributed by atoms with Gasteiger partial charge >= 0.3 is 0 Å². The van der Waals surface area contributed by atoms with Gasteiger partial charge in [0.25, 0.3) is 10.0 Å². The first-order valence-corrected chi connectivity index (χ1v) is 13.6. The molecule has 0 spiro atoms. The summed E-state index contributed by atoms with van der Waals surface area (Å²) in [6, 6.07) is 9.89. The monoisotopic (exact) mass is 485 g/mol. The van der Waals surface area contributed by atoms with Crippen LogP contribution in [0, 0.1) is 12.8 Å². The number of hydrogen-bond acceptors (Lipinski definition) is 6. The Kier molecular flexibility index (Phi) is 7.21. The topological polar surface area (TPSA) is 104 Å². The Bertz CT molecular complexity index is 1140. The summed E-state index contributed by atoms with van der Waals surface area (Å²) in [7, 11) is -4.22. The maximum absolute atomic E-state index is 12.9. The number of sulfonamides is 2. The van der Waals surface area contributed by atoms with Crippen LogP contribution in [0.25, 0.3) is 0 Å². The first kappa shape index (κ1) is 23.9. The van der Waals surface area contributed by atoms with Gasteiger partial charge in [-0.3, -0.25) is 4.79 Å². The lowest BCUT2D eigenvalue weighted by molar-refractivity contribution is -0.126. The molecule has 1 aromatic heterocycles. The van der Waals surface area contributed by atoms with Crippen LogP contribution < -0.4 is 5.32 Å². The van der Waals surface area contributed by atoms with E-state index in [-0.39, 0.29) is 28.1 Å². The zero-order chi connectivity index (χ0) is 22.8. The molecule has 1 aliphatic heterocycles. The Balaban J connectivity index is 1.63. The fourth-order valence-electron chi connectivity index (χ4n) is 3.32. The second-order valence-corrected chi connectivity index (χ2v) is 13.2. The van der Waals surface area contributed by atoms with Crippen molar-refractivity contribution in [3.05, 3.63) is 46.8 Å². The maximum atomic E-state index is 12.9. The third kappa shape index (κ3) is 5.35. The summed E-state index contributed by atoms with van der Waals surface area (Å²) in [6.07, 6.45) is 1.21. The van der Waals surface area contributed by atoms with Crippen LogP contribution in [0.2, 0.25) is 0 Å². The number of rotatable bonds is 7. The van der Waals surface area contributed by atoms with Gasteiger partial charge in [0.2, 0.25) is 15.9 Å². The van der Waals surface area contributed by atoms with Gasteiger partial charge < -0.3 is 5.32 Å². The fourth-order valence-corrected chi connectivity index (χ4v) is 7.31. The lowest BCUT2D eigenvalue weighted by Gasteiger charge is -2.31. The molecule has 170 valence electrons. The predicted molar refractivity (Wildman–Crippen MR) is 120 cm³/mol. The van der Waals surface area contributed by atoms with Gasteiger partial charge in [-0.25, -0.2) is 21.1 Å². The standard InChI is InChI=1S/C20H27N3O5S3/c1-15-6-9-18(10-7-15)30(25,26)23-12-4-5-16(14-23)20(24)21-13-17-8-11-19(29-17)31(27,28)22(2)3/h6-11,16H,4-5,12-14H2,1-3H3,(H,21,24)/t16-/m1/s1. The van der Waals surface area contributed by atoms with Crippen LogP contribution in [0.1, 0.15) is 23.3 Å². The minimum Gasteiger partial charge on any atom is -0.351 e. The van der Waals surface area contributed by atoms with E-state index in [1.807, 2.05) is 6.92 Å². The number of thiophene rings is 1. The van der Waals surface area contributed by atoms with Crippen molar-refractivity contribution in [1.82, 2.24) is 13.9 Å². The van der Waals surface area contributed by atoms with Crippen LogP contribution in [0.15, 0.2) is 45.5 Å². The van der Waals surface area contributed by atoms with Crippen molar-refractivity contribution in [2.45, 2.75) is 35.4 Å². The van der Waals surface area contributed by atoms with Crippen LogP contribution >= 0.6 is 11.3 Å². The first-order valence-electron chi connectivity index (χ1n) is 9.87. The molecule has 1 saturated heterocycles. The summed E-state index contributed by atoms with van der Waals surface area (Å²) in [4.78, 5) is 13.6. The van der Waals surface area contributed by atoms with Crippen molar-refractivity contribution in [3.63, 3.8) is 0 Å².